The molecule has 3 fully saturated rings. The van der Waals surface area contributed by atoms with Gasteiger partial charge in [-0.3, -0.25) is 0 Å². The quantitative estimate of drug-likeness (QED) is 0.718. The van der Waals surface area contributed by atoms with Gasteiger partial charge in [-0.25, -0.2) is 0 Å². The average molecular weight is 187 g/mol. The van der Waals surface area contributed by atoms with Crippen LogP contribution in [0.25, 0.3) is 0 Å². The van der Waals surface area contributed by atoms with Crippen molar-refractivity contribution < 1.29 is 0 Å². The maximum atomic E-state index is 6.11. The fraction of sp³-hybridized carbons (Fsp3) is 0.538. The van der Waals surface area contributed by atoms with E-state index in [4.69, 9.17) is 5.73 Å². The van der Waals surface area contributed by atoms with E-state index in [0.29, 0.717) is 5.41 Å². The van der Waals surface area contributed by atoms with Crippen molar-refractivity contribution in [3.63, 3.8) is 0 Å². The molecule has 0 spiro atoms. The van der Waals surface area contributed by atoms with Crippen molar-refractivity contribution in [2.45, 2.75) is 44.1 Å². The van der Waals surface area contributed by atoms with E-state index in [1.165, 1.54) is 30.4 Å². The summed E-state index contributed by atoms with van der Waals surface area (Å²) in [6, 6.07) is 6.61. The summed E-state index contributed by atoms with van der Waals surface area (Å²) in [5.41, 5.74) is 11.3. The predicted molar refractivity (Wildman–Crippen MR) is 58.4 cm³/mol. The molecule has 1 aromatic carbocycles. The molecule has 1 nitrogen and oxygen atoms in total. The van der Waals surface area contributed by atoms with Crippen LogP contribution in [0.4, 0.5) is 0 Å². The molecule has 74 valence electrons. The first-order valence-corrected chi connectivity index (χ1v) is 5.40. The summed E-state index contributed by atoms with van der Waals surface area (Å²) in [7, 11) is 0. The Kier molecular flexibility index (Phi) is 1.35. The highest BCUT2D eigenvalue weighted by atomic mass is 14.9. The molecule has 0 amide bonds. The van der Waals surface area contributed by atoms with Gasteiger partial charge in [0.05, 0.1) is 0 Å². The minimum absolute atomic E-state index is 0.217. The molecular weight excluding hydrogens is 170 g/mol. The van der Waals surface area contributed by atoms with Crippen LogP contribution >= 0.6 is 0 Å². The molecule has 14 heavy (non-hydrogen) atoms. The summed E-state index contributed by atoms with van der Waals surface area (Å²) < 4.78 is 0. The number of benzene rings is 1. The van der Waals surface area contributed by atoms with Crippen LogP contribution in [0, 0.1) is 13.8 Å². The number of rotatable bonds is 1. The van der Waals surface area contributed by atoms with Gasteiger partial charge < -0.3 is 5.73 Å². The highest BCUT2D eigenvalue weighted by Crippen LogP contribution is 2.67. The SMILES string of the molecule is Cc1cccc(C)c1C12CC(N)(C1)C2. The number of hydrogen-bond donors (Lipinski definition) is 1. The van der Waals surface area contributed by atoms with Gasteiger partial charge in [0.2, 0.25) is 0 Å². The Hall–Kier alpha value is -0.820. The molecule has 0 aromatic heterocycles. The summed E-state index contributed by atoms with van der Waals surface area (Å²) in [6.07, 6.45) is 3.64. The molecule has 0 saturated heterocycles. The summed E-state index contributed by atoms with van der Waals surface area (Å²) in [5.74, 6) is 0. The molecule has 0 heterocycles. The second kappa shape index (κ2) is 2.22. The van der Waals surface area contributed by atoms with Gasteiger partial charge in [0.15, 0.2) is 0 Å². The third-order valence-electron chi connectivity index (χ3n) is 4.08. The van der Waals surface area contributed by atoms with Crippen molar-refractivity contribution in [3.8, 4) is 0 Å². The topological polar surface area (TPSA) is 26.0 Å². The van der Waals surface area contributed by atoms with E-state index in [1.54, 1.807) is 5.56 Å². The first kappa shape index (κ1) is 8.49. The van der Waals surface area contributed by atoms with E-state index >= 15 is 0 Å². The Labute approximate surface area is 85.3 Å². The van der Waals surface area contributed by atoms with Crippen LogP contribution in [0.3, 0.4) is 0 Å². The van der Waals surface area contributed by atoms with Crippen LogP contribution in [0.5, 0.6) is 0 Å². The lowest BCUT2D eigenvalue weighted by molar-refractivity contribution is -0.0598. The van der Waals surface area contributed by atoms with Crippen LogP contribution < -0.4 is 5.73 Å². The Morgan fingerprint density at radius 3 is 2.00 bits per heavy atom. The molecule has 4 rings (SSSR count). The molecule has 3 aliphatic rings. The van der Waals surface area contributed by atoms with Gasteiger partial charge >= 0.3 is 0 Å². The van der Waals surface area contributed by atoms with Gasteiger partial charge in [0.1, 0.15) is 0 Å². The van der Waals surface area contributed by atoms with Gasteiger partial charge in [-0.2, -0.15) is 0 Å². The Bertz CT molecular complexity index is 366. The average Bonchev–Trinajstić information content (AvgIpc) is 1.98. The minimum atomic E-state index is 0.217. The standard InChI is InChI=1S/C13H17N/c1-9-4-3-5-10(2)11(9)12-6-13(14,7-12)8-12/h3-5H,6-8,14H2,1-2H3. The van der Waals surface area contributed by atoms with E-state index in [-0.39, 0.29) is 5.54 Å². The second-order valence-electron chi connectivity index (χ2n) is 5.44. The Morgan fingerprint density at radius 2 is 1.57 bits per heavy atom. The molecule has 0 atom stereocenters. The van der Waals surface area contributed by atoms with E-state index in [1.807, 2.05) is 0 Å². The van der Waals surface area contributed by atoms with Crippen molar-refractivity contribution in [2.24, 2.45) is 5.73 Å². The number of aryl methyl sites for hydroxylation is 2. The van der Waals surface area contributed by atoms with E-state index in [9.17, 15) is 0 Å². The third kappa shape index (κ3) is 0.838. The fourth-order valence-electron chi connectivity index (χ4n) is 3.78. The maximum absolute atomic E-state index is 6.11. The zero-order chi connectivity index (χ0) is 9.97. The summed E-state index contributed by atoms with van der Waals surface area (Å²) >= 11 is 0. The zero-order valence-electron chi connectivity index (χ0n) is 8.93. The highest BCUT2D eigenvalue weighted by Gasteiger charge is 2.66. The lowest BCUT2D eigenvalue weighted by atomic mass is 9.37. The van der Waals surface area contributed by atoms with Crippen LogP contribution in [-0.4, -0.2) is 5.54 Å². The Balaban J connectivity index is 2.06. The smallest absolute Gasteiger partial charge is 0.0179 e. The van der Waals surface area contributed by atoms with E-state index in [2.05, 4.69) is 32.0 Å². The van der Waals surface area contributed by atoms with Crippen molar-refractivity contribution in [3.05, 3.63) is 34.9 Å². The molecule has 3 saturated carbocycles. The van der Waals surface area contributed by atoms with Crippen LogP contribution in [-0.2, 0) is 5.41 Å². The van der Waals surface area contributed by atoms with Gasteiger partial charge in [-0.1, -0.05) is 18.2 Å². The molecule has 2 N–H and O–H groups in total. The van der Waals surface area contributed by atoms with Crippen LogP contribution in [0.1, 0.15) is 36.0 Å². The lowest BCUT2D eigenvalue weighted by Crippen LogP contribution is -2.74. The molecule has 0 aliphatic heterocycles. The molecule has 2 bridgehead atoms. The summed E-state index contributed by atoms with van der Waals surface area (Å²) in [4.78, 5) is 0. The summed E-state index contributed by atoms with van der Waals surface area (Å²) in [5, 5.41) is 0. The van der Waals surface area contributed by atoms with E-state index < -0.39 is 0 Å². The monoisotopic (exact) mass is 187 g/mol. The third-order valence-corrected chi connectivity index (χ3v) is 4.08. The molecule has 0 unspecified atom stereocenters. The fourth-order valence-corrected chi connectivity index (χ4v) is 3.78. The largest absolute Gasteiger partial charge is 0.325 e. The molecule has 3 aliphatic carbocycles. The normalized spacial score (nSPS) is 38.8. The van der Waals surface area contributed by atoms with Crippen molar-refractivity contribution in [1.29, 1.82) is 0 Å². The first-order valence-electron chi connectivity index (χ1n) is 5.40. The van der Waals surface area contributed by atoms with Gasteiger partial charge in [-0.15, -0.1) is 0 Å². The van der Waals surface area contributed by atoms with Crippen LogP contribution in [0.2, 0.25) is 0 Å². The first-order chi connectivity index (χ1) is 6.55. The minimum Gasteiger partial charge on any atom is -0.325 e. The predicted octanol–water partition coefficient (Wildman–Crippen LogP) is 2.44. The van der Waals surface area contributed by atoms with Gasteiger partial charge in [0, 0.05) is 11.0 Å². The van der Waals surface area contributed by atoms with Crippen molar-refractivity contribution in [2.75, 3.05) is 0 Å². The lowest BCUT2D eigenvalue weighted by Gasteiger charge is -2.70. The van der Waals surface area contributed by atoms with Gasteiger partial charge in [0.25, 0.3) is 0 Å². The summed E-state index contributed by atoms with van der Waals surface area (Å²) in [6.45, 7) is 4.46. The second-order valence-corrected chi connectivity index (χ2v) is 5.44. The van der Waals surface area contributed by atoms with Gasteiger partial charge in [-0.05, 0) is 49.8 Å². The van der Waals surface area contributed by atoms with Crippen LogP contribution in [0.15, 0.2) is 18.2 Å². The molecular formula is C13H17N. The molecule has 0 radical (unpaired) electrons. The zero-order valence-corrected chi connectivity index (χ0v) is 8.93. The van der Waals surface area contributed by atoms with Crippen molar-refractivity contribution in [1.82, 2.24) is 0 Å². The maximum Gasteiger partial charge on any atom is 0.0179 e. The highest BCUT2D eigenvalue weighted by molar-refractivity contribution is 5.48. The van der Waals surface area contributed by atoms with Crippen molar-refractivity contribution >= 4 is 0 Å². The van der Waals surface area contributed by atoms with E-state index in [0.717, 1.165) is 0 Å². The molecule has 1 aromatic rings. The Morgan fingerprint density at radius 1 is 1.07 bits per heavy atom. The molecule has 1 heteroatoms. The number of hydrogen-bond acceptors (Lipinski definition) is 1. The number of nitrogens with two attached hydrogens (primary N) is 1.